The molecule has 0 aromatic carbocycles. The summed E-state index contributed by atoms with van der Waals surface area (Å²) in [6, 6.07) is 0.337. The minimum absolute atomic E-state index is 0.0178. The zero-order valence-corrected chi connectivity index (χ0v) is 13.8. The van der Waals surface area contributed by atoms with Gasteiger partial charge in [-0.15, -0.1) is 0 Å². The van der Waals surface area contributed by atoms with E-state index in [0.29, 0.717) is 31.5 Å². The number of amides is 2. The number of nitrogens with zero attached hydrogens (tertiary/aromatic N) is 1. The summed E-state index contributed by atoms with van der Waals surface area (Å²) >= 11 is 0. The quantitative estimate of drug-likeness (QED) is 0.784. The second-order valence-electron chi connectivity index (χ2n) is 6.64. The molecule has 1 saturated carbocycles. The number of nitrogens with one attached hydrogen (secondary N) is 1. The van der Waals surface area contributed by atoms with Crippen molar-refractivity contribution in [2.45, 2.75) is 76.4 Å². The second-order valence-corrected chi connectivity index (χ2v) is 6.64. The van der Waals surface area contributed by atoms with E-state index in [9.17, 15) is 9.59 Å². The van der Waals surface area contributed by atoms with E-state index in [-0.39, 0.29) is 11.8 Å². The molecular weight excluding hydrogens is 280 g/mol. The fourth-order valence-electron chi connectivity index (χ4n) is 3.28. The average molecular weight is 310 g/mol. The minimum Gasteiger partial charge on any atom is -0.378 e. The highest BCUT2D eigenvalue weighted by atomic mass is 16.5. The molecule has 2 amide bonds. The molecule has 1 unspecified atom stereocenters. The first-order valence-corrected chi connectivity index (χ1v) is 8.80. The molecule has 126 valence electrons. The summed E-state index contributed by atoms with van der Waals surface area (Å²) in [5.41, 5.74) is 0. The lowest BCUT2D eigenvalue weighted by atomic mass is 10.1. The van der Waals surface area contributed by atoms with Crippen molar-refractivity contribution in [2.24, 2.45) is 0 Å². The van der Waals surface area contributed by atoms with Crippen LogP contribution in [0.1, 0.15) is 64.2 Å². The number of carbonyl (C=O) groups excluding carboxylic acids is 2. The van der Waals surface area contributed by atoms with Crippen LogP contribution in [0.25, 0.3) is 0 Å². The van der Waals surface area contributed by atoms with Crippen LogP contribution >= 0.6 is 0 Å². The van der Waals surface area contributed by atoms with Gasteiger partial charge in [0, 0.05) is 39.1 Å². The number of hydrogen-bond acceptors (Lipinski definition) is 3. The largest absolute Gasteiger partial charge is 0.378 e. The third-order valence-electron chi connectivity index (χ3n) is 4.77. The van der Waals surface area contributed by atoms with Crippen molar-refractivity contribution in [2.75, 3.05) is 20.2 Å². The molecule has 1 N–H and O–H groups in total. The molecule has 1 saturated heterocycles. The number of rotatable bonds is 7. The van der Waals surface area contributed by atoms with Gasteiger partial charge in [-0.05, 0) is 38.5 Å². The zero-order valence-electron chi connectivity index (χ0n) is 13.8. The molecule has 0 spiro atoms. The second kappa shape index (κ2) is 9.13. The predicted molar refractivity (Wildman–Crippen MR) is 85.5 cm³/mol. The molecular formula is C17H30N2O3. The van der Waals surface area contributed by atoms with Crippen molar-refractivity contribution in [3.63, 3.8) is 0 Å². The number of carbonyl (C=O) groups is 2. The van der Waals surface area contributed by atoms with Gasteiger partial charge in [0.2, 0.25) is 11.8 Å². The zero-order chi connectivity index (χ0) is 15.8. The van der Waals surface area contributed by atoms with E-state index in [0.717, 1.165) is 38.7 Å². The molecule has 1 aliphatic carbocycles. The van der Waals surface area contributed by atoms with Gasteiger partial charge in [0.1, 0.15) is 0 Å². The van der Waals surface area contributed by atoms with Crippen molar-refractivity contribution in [3.05, 3.63) is 0 Å². The van der Waals surface area contributed by atoms with Crippen LogP contribution in [0.15, 0.2) is 0 Å². The van der Waals surface area contributed by atoms with Crippen molar-refractivity contribution in [1.82, 2.24) is 10.2 Å². The van der Waals surface area contributed by atoms with E-state index < -0.39 is 0 Å². The Morgan fingerprint density at radius 3 is 2.50 bits per heavy atom. The van der Waals surface area contributed by atoms with Gasteiger partial charge in [-0.3, -0.25) is 9.59 Å². The lowest BCUT2D eigenvalue weighted by molar-refractivity contribution is -0.133. The van der Waals surface area contributed by atoms with E-state index in [2.05, 4.69) is 5.32 Å². The molecule has 1 atom stereocenters. The molecule has 1 aliphatic heterocycles. The standard InChI is InChI=1S/C17H30N2O3/c1-19(12-11-15-8-4-5-13-22-15)17(21)10-9-16(20)18-14-6-2-3-7-14/h14-15H,2-13H2,1H3,(H,18,20). The van der Waals surface area contributed by atoms with Gasteiger partial charge in [-0.2, -0.15) is 0 Å². The Kier molecular flexibility index (Phi) is 7.16. The SMILES string of the molecule is CN(CCC1CCCCO1)C(=O)CCC(=O)NC1CCCC1. The minimum atomic E-state index is 0.0178. The predicted octanol–water partition coefficient (Wildman–Crippen LogP) is 2.24. The van der Waals surface area contributed by atoms with Gasteiger partial charge in [0.05, 0.1) is 6.10 Å². The monoisotopic (exact) mass is 310 g/mol. The summed E-state index contributed by atoms with van der Waals surface area (Å²) in [6.07, 6.45) is 9.87. The third kappa shape index (κ3) is 5.95. The van der Waals surface area contributed by atoms with Crippen molar-refractivity contribution in [1.29, 1.82) is 0 Å². The summed E-state index contributed by atoms with van der Waals surface area (Å²) in [5.74, 6) is 0.0710. The molecule has 0 aromatic heterocycles. The van der Waals surface area contributed by atoms with Gasteiger partial charge >= 0.3 is 0 Å². The molecule has 2 rings (SSSR count). The molecule has 0 aromatic rings. The first-order valence-electron chi connectivity index (χ1n) is 8.80. The molecule has 5 nitrogen and oxygen atoms in total. The van der Waals surface area contributed by atoms with Crippen LogP contribution in [-0.2, 0) is 14.3 Å². The highest BCUT2D eigenvalue weighted by molar-refractivity contribution is 5.83. The van der Waals surface area contributed by atoms with Gasteiger partial charge in [-0.1, -0.05) is 12.8 Å². The third-order valence-corrected chi connectivity index (χ3v) is 4.77. The summed E-state index contributed by atoms with van der Waals surface area (Å²) in [7, 11) is 1.82. The first kappa shape index (κ1) is 17.3. The number of hydrogen-bond donors (Lipinski definition) is 1. The summed E-state index contributed by atoms with van der Waals surface area (Å²) in [6.45, 7) is 1.57. The van der Waals surface area contributed by atoms with Crippen LogP contribution in [0.3, 0.4) is 0 Å². The van der Waals surface area contributed by atoms with Crippen LogP contribution < -0.4 is 5.32 Å². The molecule has 2 aliphatic rings. The molecule has 2 fully saturated rings. The smallest absolute Gasteiger partial charge is 0.222 e. The van der Waals surface area contributed by atoms with Gasteiger partial charge in [0.25, 0.3) is 0 Å². The molecule has 1 heterocycles. The van der Waals surface area contributed by atoms with Crippen LogP contribution in [0.2, 0.25) is 0 Å². The Bertz CT molecular complexity index is 361. The Morgan fingerprint density at radius 2 is 1.82 bits per heavy atom. The number of ether oxygens (including phenoxy) is 1. The van der Waals surface area contributed by atoms with E-state index in [1.165, 1.54) is 19.3 Å². The Balaban J connectivity index is 1.57. The summed E-state index contributed by atoms with van der Waals surface area (Å²) in [4.78, 5) is 25.6. The van der Waals surface area contributed by atoms with Crippen LogP contribution in [-0.4, -0.2) is 49.1 Å². The fraction of sp³-hybridized carbons (Fsp3) is 0.882. The summed E-state index contributed by atoms with van der Waals surface area (Å²) < 4.78 is 5.68. The van der Waals surface area contributed by atoms with Crippen molar-refractivity contribution in [3.8, 4) is 0 Å². The maximum absolute atomic E-state index is 12.1. The lowest BCUT2D eigenvalue weighted by Crippen LogP contribution is -2.35. The fourth-order valence-corrected chi connectivity index (χ4v) is 3.28. The molecule has 22 heavy (non-hydrogen) atoms. The molecule has 5 heteroatoms. The maximum atomic E-state index is 12.1. The van der Waals surface area contributed by atoms with Crippen LogP contribution in [0, 0.1) is 0 Å². The van der Waals surface area contributed by atoms with Crippen LogP contribution in [0.5, 0.6) is 0 Å². The Morgan fingerprint density at radius 1 is 1.09 bits per heavy atom. The topological polar surface area (TPSA) is 58.6 Å². The maximum Gasteiger partial charge on any atom is 0.222 e. The van der Waals surface area contributed by atoms with E-state index in [4.69, 9.17) is 4.74 Å². The average Bonchev–Trinajstić information content (AvgIpc) is 3.04. The Hall–Kier alpha value is -1.10. The van der Waals surface area contributed by atoms with Gasteiger partial charge in [-0.25, -0.2) is 0 Å². The van der Waals surface area contributed by atoms with E-state index >= 15 is 0 Å². The van der Waals surface area contributed by atoms with Crippen molar-refractivity contribution < 1.29 is 14.3 Å². The first-order chi connectivity index (χ1) is 10.6. The van der Waals surface area contributed by atoms with E-state index in [1.54, 1.807) is 4.90 Å². The molecule has 0 radical (unpaired) electrons. The van der Waals surface area contributed by atoms with Crippen molar-refractivity contribution >= 4 is 11.8 Å². The van der Waals surface area contributed by atoms with Gasteiger partial charge in [0.15, 0.2) is 0 Å². The Labute approximate surface area is 133 Å². The normalized spacial score (nSPS) is 22.5. The van der Waals surface area contributed by atoms with Gasteiger partial charge < -0.3 is 15.0 Å². The molecule has 0 bridgehead atoms. The lowest BCUT2D eigenvalue weighted by Gasteiger charge is -2.25. The summed E-state index contributed by atoms with van der Waals surface area (Å²) in [5, 5.41) is 3.03. The highest BCUT2D eigenvalue weighted by Gasteiger charge is 2.19. The van der Waals surface area contributed by atoms with Crippen LogP contribution in [0.4, 0.5) is 0 Å². The highest BCUT2D eigenvalue weighted by Crippen LogP contribution is 2.18. The van der Waals surface area contributed by atoms with E-state index in [1.807, 2.05) is 7.05 Å².